The van der Waals surface area contributed by atoms with Gasteiger partial charge in [-0.25, -0.2) is 0 Å². The molecule has 2 heterocycles. The SMILES string of the molecule is Cc1cccc(Cn2cc(C(=O)c3ccc(C)c(C)c3)c(=O)c3cc4c(cc32)OCCO4)c1. The third-order valence-corrected chi connectivity index (χ3v) is 6.19. The summed E-state index contributed by atoms with van der Waals surface area (Å²) in [5, 5.41) is 0.446. The van der Waals surface area contributed by atoms with Gasteiger partial charge in [0.1, 0.15) is 13.2 Å². The summed E-state index contributed by atoms with van der Waals surface area (Å²) < 4.78 is 13.4. The van der Waals surface area contributed by atoms with Crippen LogP contribution in [0.4, 0.5) is 0 Å². The van der Waals surface area contributed by atoms with Crippen molar-refractivity contribution in [1.82, 2.24) is 4.57 Å². The molecule has 5 nitrogen and oxygen atoms in total. The Morgan fingerprint density at radius 3 is 2.39 bits per heavy atom. The first-order chi connectivity index (χ1) is 15.9. The van der Waals surface area contributed by atoms with Gasteiger partial charge in [-0.3, -0.25) is 9.59 Å². The largest absolute Gasteiger partial charge is 0.486 e. The minimum absolute atomic E-state index is 0.148. The number of carbonyl (C=O) groups is 1. The maximum Gasteiger partial charge on any atom is 0.200 e. The lowest BCUT2D eigenvalue weighted by Gasteiger charge is -2.21. The molecular weight excluding hydrogens is 414 g/mol. The van der Waals surface area contributed by atoms with Gasteiger partial charge in [-0.15, -0.1) is 0 Å². The van der Waals surface area contributed by atoms with Gasteiger partial charge in [0.15, 0.2) is 17.3 Å². The first kappa shape index (κ1) is 21.0. The molecule has 0 N–H and O–H groups in total. The van der Waals surface area contributed by atoms with Crippen LogP contribution in [0, 0.1) is 20.8 Å². The number of nitrogens with zero attached hydrogens (tertiary/aromatic N) is 1. The van der Waals surface area contributed by atoms with E-state index in [0.717, 1.165) is 22.3 Å². The van der Waals surface area contributed by atoms with E-state index < -0.39 is 0 Å². The molecule has 1 aliphatic heterocycles. The van der Waals surface area contributed by atoms with E-state index in [9.17, 15) is 9.59 Å². The molecule has 0 radical (unpaired) electrons. The van der Waals surface area contributed by atoms with Crippen LogP contribution in [0.3, 0.4) is 0 Å². The van der Waals surface area contributed by atoms with Gasteiger partial charge in [-0.1, -0.05) is 42.0 Å². The third kappa shape index (κ3) is 3.91. The van der Waals surface area contributed by atoms with Crippen LogP contribution in [-0.4, -0.2) is 23.6 Å². The van der Waals surface area contributed by atoms with Crippen molar-refractivity contribution in [3.63, 3.8) is 0 Å². The summed E-state index contributed by atoms with van der Waals surface area (Å²) in [5.41, 5.74) is 5.42. The summed E-state index contributed by atoms with van der Waals surface area (Å²) in [6, 6.07) is 17.3. The first-order valence-corrected chi connectivity index (χ1v) is 11.0. The molecule has 4 aromatic rings. The number of aryl methyl sites for hydroxylation is 3. The Kier molecular flexibility index (Phi) is 5.25. The van der Waals surface area contributed by atoms with Crippen LogP contribution in [0.5, 0.6) is 11.5 Å². The van der Waals surface area contributed by atoms with Crippen molar-refractivity contribution in [2.24, 2.45) is 0 Å². The van der Waals surface area contributed by atoms with Crippen molar-refractivity contribution in [2.75, 3.05) is 13.2 Å². The summed E-state index contributed by atoms with van der Waals surface area (Å²) >= 11 is 0. The molecular formula is C28H25NO4. The number of rotatable bonds is 4. The highest BCUT2D eigenvalue weighted by atomic mass is 16.6. The van der Waals surface area contributed by atoms with E-state index in [0.29, 0.717) is 47.7 Å². The van der Waals surface area contributed by atoms with Crippen LogP contribution in [0.15, 0.2) is 65.6 Å². The van der Waals surface area contributed by atoms with Gasteiger partial charge < -0.3 is 14.0 Å². The number of benzene rings is 3. The van der Waals surface area contributed by atoms with Gasteiger partial charge in [-0.05, 0) is 49.6 Å². The Bertz CT molecular complexity index is 1470. The molecule has 0 aliphatic carbocycles. The fourth-order valence-corrected chi connectivity index (χ4v) is 4.26. The third-order valence-electron chi connectivity index (χ3n) is 6.19. The van der Waals surface area contributed by atoms with Gasteiger partial charge in [-0.2, -0.15) is 0 Å². The smallest absolute Gasteiger partial charge is 0.200 e. The van der Waals surface area contributed by atoms with Crippen molar-refractivity contribution >= 4 is 16.7 Å². The number of hydrogen-bond donors (Lipinski definition) is 0. The van der Waals surface area contributed by atoms with Crippen LogP contribution >= 0.6 is 0 Å². The van der Waals surface area contributed by atoms with Crippen molar-refractivity contribution in [1.29, 1.82) is 0 Å². The predicted octanol–water partition coefficient (Wildman–Crippen LogP) is 4.98. The summed E-state index contributed by atoms with van der Waals surface area (Å²) in [7, 11) is 0. The maximum atomic E-state index is 13.5. The van der Waals surface area contributed by atoms with Crippen LogP contribution in [0.25, 0.3) is 10.9 Å². The standard InChI is InChI=1S/C28H25NO4/c1-17-5-4-6-20(11-17)15-29-16-23(27(30)21-8-7-18(2)19(3)12-21)28(31)22-13-25-26(14-24(22)29)33-10-9-32-25/h4-8,11-14,16H,9-10,15H2,1-3H3. The summed E-state index contributed by atoms with van der Waals surface area (Å²) in [6.07, 6.45) is 1.68. The molecule has 0 amide bonds. The molecule has 0 saturated carbocycles. The van der Waals surface area contributed by atoms with Gasteiger partial charge in [0.2, 0.25) is 5.43 Å². The minimum atomic E-state index is -0.300. The normalized spacial score (nSPS) is 12.7. The fraction of sp³-hybridized carbons (Fsp3) is 0.214. The molecule has 166 valence electrons. The molecule has 1 aromatic heterocycles. The van der Waals surface area contributed by atoms with E-state index in [1.165, 1.54) is 0 Å². The van der Waals surface area contributed by atoms with E-state index in [-0.39, 0.29) is 16.8 Å². The zero-order valence-electron chi connectivity index (χ0n) is 19.0. The van der Waals surface area contributed by atoms with Gasteiger partial charge in [0, 0.05) is 24.4 Å². The highest BCUT2D eigenvalue weighted by molar-refractivity contribution is 6.10. The molecule has 3 aromatic carbocycles. The second-order valence-corrected chi connectivity index (χ2v) is 8.63. The van der Waals surface area contributed by atoms with E-state index in [1.807, 2.05) is 61.7 Å². The van der Waals surface area contributed by atoms with Gasteiger partial charge in [0.25, 0.3) is 0 Å². The Morgan fingerprint density at radius 2 is 1.67 bits per heavy atom. The number of ketones is 1. The predicted molar refractivity (Wildman–Crippen MR) is 129 cm³/mol. The zero-order chi connectivity index (χ0) is 23.1. The van der Waals surface area contributed by atoms with Crippen LogP contribution < -0.4 is 14.9 Å². The van der Waals surface area contributed by atoms with E-state index in [1.54, 1.807) is 18.3 Å². The average Bonchev–Trinajstić information content (AvgIpc) is 2.81. The quantitative estimate of drug-likeness (QED) is 0.421. The number of fused-ring (bicyclic) bond motifs is 2. The molecule has 0 saturated heterocycles. The van der Waals surface area contributed by atoms with Crippen molar-refractivity contribution < 1.29 is 14.3 Å². The summed E-state index contributed by atoms with van der Waals surface area (Å²) in [6.45, 7) is 7.42. The number of hydrogen-bond acceptors (Lipinski definition) is 4. The monoisotopic (exact) mass is 439 g/mol. The summed E-state index contributed by atoms with van der Waals surface area (Å²) in [5.74, 6) is 0.862. The first-order valence-electron chi connectivity index (χ1n) is 11.0. The van der Waals surface area contributed by atoms with Gasteiger partial charge in [0.05, 0.1) is 16.5 Å². The zero-order valence-corrected chi connectivity index (χ0v) is 19.0. The molecule has 1 aliphatic rings. The molecule has 0 bridgehead atoms. The average molecular weight is 440 g/mol. The van der Waals surface area contributed by atoms with Gasteiger partial charge >= 0.3 is 0 Å². The lowest BCUT2D eigenvalue weighted by atomic mass is 9.98. The molecule has 0 spiro atoms. The Labute approximate surface area is 192 Å². The Balaban J connectivity index is 1.72. The van der Waals surface area contributed by atoms with E-state index in [2.05, 4.69) is 6.07 Å². The number of ether oxygens (including phenoxy) is 2. The van der Waals surface area contributed by atoms with Crippen LogP contribution in [0.2, 0.25) is 0 Å². The molecule has 0 atom stereocenters. The van der Waals surface area contributed by atoms with E-state index >= 15 is 0 Å². The fourth-order valence-electron chi connectivity index (χ4n) is 4.26. The van der Waals surface area contributed by atoms with E-state index in [4.69, 9.17) is 9.47 Å². The van der Waals surface area contributed by atoms with Crippen LogP contribution in [0.1, 0.15) is 38.2 Å². The van der Waals surface area contributed by atoms with Crippen molar-refractivity contribution in [2.45, 2.75) is 27.3 Å². The summed E-state index contributed by atoms with van der Waals surface area (Å²) in [4.78, 5) is 27.0. The highest BCUT2D eigenvalue weighted by Gasteiger charge is 2.21. The second-order valence-electron chi connectivity index (χ2n) is 8.63. The molecule has 5 heteroatoms. The molecule has 33 heavy (non-hydrogen) atoms. The topological polar surface area (TPSA) is 57.5 Å². The number of pyridine rings is 1. The molecule has 0 unspecified atom stereocenters. The second kappa shape index (κ2) is 8.24. The number of aromatic nitrogens is 1. The Hall–Kier alpha value is -3.86. The van der Waals surface area contributed by atoms with Crippen LogP contribution in [-0.2, 0) is 6.54 Å². The number of carbonyl (C=O) groups excluding carboxylic acids is 1. The molecule has 0 fully saturated rings. The lowest BCUT2D eigenvalue weighted by molar-refractivity contribution is 0.103. The lowest BCUT2D eigenvalue weighted by Crippen LogP contribution is -2.21. The highest BCUT2D eigenvalue weighted by Crippen LogP contribution is 2.34. The maximum absolute atomic E-state index is 13.5. The van der Waals surface area contributed by atoms with Crippen molar-refractivity contribution in [3.8, 4) is 11.5 Å². The minimum Gasteiger partial charge on any atom is -0.486 e. The molecule has 5 rings (SSSR count). The van der Waals surface area contributed by atoms with Crippen molar-refractivity contribution in [3.05, 3.63) is 104 Å². The Morgan fingerprint density at radius 1 is 0.909 bits per heavy atom.